The topological polar surface area (TPSA) is 29.3 Å². The third-order valence-corrected chi connectivity index (χ3v) is 9.15. The zero-order chi connectivity index (χ0) is 7.65. The summed E-state index contributed by atoms with van der Waals surface area (Å²) in [7, 11) is 4.17. The summed E-state index contributed by atoms with van der Waals surface area (Å²) < 4.78 is 8.64. The van der Waals surface area contributed by atoms with Crippen LogP contribution in [0.1, 0.15) is 20.8 Å². The van der Waals surface area contributed by atoms with Crippen LogP contribution in [0.5, 0.6) is 0 Å². The Morgan fingerprint density at radius 2 is 1.56 bits per heavy atom. The number of hydrogen-bond acceptors (Lipinski definition) is 2. The van der Waals surface area contributed by atoms with Gasteiger partial charge < -0.3 is 0 Å². The Labute approximate surface area is 65.2 Å². The van der Waals surface area contributed by atoms with Crippen molar-refractivity contribution in [3.63, 3.8) is 0 Å². The molecule has 9 heavy (non-hydrogen) atoms. The van der Waals surface area contributed by atoms with Gasteiger partial charge in [0.1, 0.15) is 0 Å². The first-order chi connectivity index (χ1) is 3.85. The molecule has 0 atom stereocenters. The normalized spacial score (nSPS) is 13.3. The molecule has 0 aliphatic carbocycles. The van der Waals surface area contributed by atoms with Crippen molar-refractivity contribution in [3.05, 3.63) is 0 Å². The van der Waals surface area contributed by atoms with Crippen molar-refractivity contribution in [1.29, 1.82) is 0 Å². The van der Waals surface area contributed by atoms with Gasteiger partial charge in [0.15, 0.2) is 0 Å². The third-order valence-electron chi connectivity index (χ3n) is 1.12. The Morgan fingerprint density at radius 1 is 1.22 bits per heavy atom. The minimum atomic E-state index is -1.73. The van der Waals surface area contributed by atoms with E-state index < -0.39 is 19.0 Å². The van der Waals surface area contributed by atoms with E-state index in [9.17, 15) is 0 Å². The Balaban J connectivity index is 3.88. The summed E-state index contributed by atoms with van der Waals surface area (Å²) in [5.41, 5.74) is 0. The molecule has 0 saturated heterocycles. The quantitative estimate of drug-likeness (QED) is 0.787. The van der Waals surface area contributed by atoms with Gasteiger partial charge in [0.05, 0.1) is 0 Å². The Kier molecular flexibility index (Phi) is 3.40. The molecule has 0 heterocycles. The fourth-order valence-corrected chi connectivity index (χ4v) is 4.91. The van der Waals surface area contributed by atoms with Crippen molar-refractivity contribution in [2.24, 2.45) is 4.14 Å². The first-order valence-corrected chi connectivity index (χ1v) is 7.98. The maximum atomic E-state index is 6.02. The molecule has 0 aromatic rings. The van der Waals surface area contributed by atoms with Crippen LogP contribution in [0, 0.1) is 0 Å². The fourth-order valence-electron chi connectivity index (χ4n) is 0.600. The van der Waals surface area contributed by atoms with E-state index in [0.717, 1.165) is 0 Å². The van der Waals surface area contributed by atoms with Gasteiger partial charge in [0.25, 0.3) is 0 Å². The second-order valence-corrected chi connectivity index (χ2v) is 13.5. The molecule has 2 N–H and O–H groups in total. The Hall–Kier alpha value is 0.660. The molecule has 0 amide bonds. The first-order valence-electron chi connectivity index (χ1n) is 3.08. The number of nitrogens with zero attached hydrogens (tertiary/aromatic N) is 1. The summed E-state index contributed by atoms with van der Waals surface area (Å²) in [5.74, 6) is 0. The standard InChI is InChI=1S/C4H9.C2H6N.H2N.Ta/c1-4(2)3;1-3-2;;/h1-3H3;1-2H3;1H2;/q;2*-1;+2. The van der Waals surface area contributed by atoms with E-state index in [1.165, 1.54) is 0 Å². The van der Waals surface area contributed by atoms with Gasteiger partial charge in [-0.05, 0) is 0 Å². The molecule has 0 aliphatic rings. The maximum absolute atomic E-state index is 6.02. The molecule has 0 aromatic heterocycles. The average molecular weight is 298 g/mol. The molecular formula is C6H17N2Ta. The molecule has 0 saturated carbocycles. The van der Waals surface area contributed by atoms with E-state index in [4.69, 9.17) is 4.14 Å². The zero-order valence-corrected chi connectivity index (χ0v) is 10.2. The molecule has 0 bridgehead atoms. The van der Waals surface area contributed by atoms with Gasteiger partial charge in [0, 0.05) is 0 Å². The van der Waals surface area contributed by atoms with Gasteiger partial charge >= 0.3 is 64.9 Å². The summed E-state index contributed by atoms with van der Waals surface area (Å²) in [4.78, 5) is 0. The monoisotopic (exact) mass is 298 g/mol. The van der Waals surface area contributed by atoms with Crippen molar-refractivity contribution in [3.8, 4) is 0 Å². The molecular weight excluding hydrogens is 281 g/mol. The molecule has 2 nitrogen and oxygen atoms in total. The fraction of sp³-hybridized carbons (Fsp3) is 1.00. The summed E-state index contributed by atoms with van der Waals surface area (Å²) in [6, 6.07) is 0. The van der Waals surface area contributed by atoms with Crippen molar-refractivity contribution in [2.75, 3.05) is 14.1 Å². The van der Waals surface area contributed by atoms with Crippen LogP contribution in [-0.2, 0) is 19.0 Å². The second kappa shape index (κ2) is 3.17. The third kappa shape index (κ3) is 3.38. The van der Waals surface area contributed by atoms with Crippen molar-refractivity contribution < 1.29 is 19.0 Å². The van der Waals surface area contributed by atoms with Crippen LogP contribution in [0.2, 0.25) is 3.63 Å². The van der Waals surface area contributed by atoms with Gasteiger partial charge in [-0.25, -0.2) is 0 Å². The van der Waals surface area contributed by atoms with E-state index >= 15 is 0 Å². The van der Waals surface area contributed by atoms with Crippen LogP contribution in [-0.4, -0.2) is 17.4 Å². The van der Waals surface area contributed by atoms with Gasteiger partial charge in [0.2, 0.25) is 0 Å². The van der Waals surface area contributed by atoms with Gasteiger partial charge in [-0.2, -0.15) is 0 Å². The molecule has 0 rings (SSSR count). The van der Waals surface area contributed by atoms with Crippen LogP contribution < -0.4 is 4.14 Å². The number of hydrogen-bond donors (Lipinski definition) is 1. The van der Waals surface area contributed by atoms with Crippen molar-refractivity contribution in [2.45, 2.75) is 24.4 Å². The summed E-state index contributed by atoms with van der Waals surface area (Å²) in [6.07, 6.45) is 0. The van der Waals surface area contributed by atoms with Crippen LogP contribution in [0.4, 0.5) is 0 Å². The average Bonchev–Trinajstić information content (AvgIpc) is 1.62. The number of nitrogens with two attached hydrogens (primary N) is 1. The first kappa shape index (κ1) is 9.66. The summed E-state index contributed by atoms with van der Waals surface area (Å²) in [5, 5.41) is 0. The predicted molar refractivity (Wildman–Crippen MR) is 37.6 cm³/mol. The van der Waals surface area contributed by atoms with Crippen LogP contribution >= 0.6 is 0 Å². The molecule has 0 spiro atoms. The zero-order valence-electron chi connectivity index (χ0n) is 6.97. The second-order valence-electron chi connectivity index (χ2n) is 3.36. The van der Waals surface area contributed by atoms with E-state index in [1.54, 1.807) is 0 Å². The van der Waals surface area contributed by atoms with Gasteiger partial charge in [-0.3, -0.25) is 0 Å². The molecule has 56 valence electrons. The summed E-state index contributed by atoms with van der Waals surface area (Å²) >= 11 is -1.73. The van der Waals surface area contributed by atoms with Crippen LogP contribution in [0.15, 0.2) is 0 Å². The molecule has 0 radical (unpaired) electrons. The van der Waals surface area contributed by atoms with Crippen LogP contribution in [0.3, 0.4) is 0 Å². The van der Waals surface area contributed by atoms with Crippen LogP contribution in [0.25, 0.3) is 0 Å². The van der Waals surface area contributed by atoms with E-state index in [1.807, 2.05) is 0 Å². The van der Waals surface area contributed by atoms with E-state index in [0.29, 0.717) is 3.63 Å². The van der Waals surface area contributed by atoms with Gasteiger partial charge in [-0.15, -0.1) is 0 Å². The molecule has 0 fully saturated rings. The molecule has 3 heteroatoms. The Morgan fingerprint density at radius 3 is 1.56 bits per heavy atom. The summed E-state index contributed by atoms with van der Waals surface area (Å²) in [6.45, 7) is 6.68. The molecule has 0 unspecified atom stereocenters. The van der Waals surface area contributed by atoms with Crippen molar-refractivity contribution >= 4 is 0 Å². The Bertz CT molecular complexity index is 85.5. The predicted octanol–water partition coefficient (Wildman–Crippen LogP) is 1.17. The number of rotatable bonds is 1. The van der Waals surface area contributed by atoms with E-state index in [2.05, 4.69) is 38.2 Å². The molecule has 0 aliphatic heterocycles. The van der Waals surface area contributed by atoms with E-state index in [-0.39, 0.29) is 0 Å². The van der Waals surface area contributed by atoms with Gasteiger partial charge in [-0.1, -0.05) is 0 Å². The molecule has 0 aromatic carbocycles. The minimum absolute atomic E-state index is 0.388. The van der Waals surface area contributed by atoms with Crippen molar-refractivity contribution in [1.82, 2.24) is 3.30 Å². The SMILES string of the molecule is C[N](C)[Ta]([NH2])[C](C)(C)C.